The highest BCUT2D eigenvalue weighted by atomic mass is 32.1. The number of carbonyl (C=O) groups excluding carboxylic acids is 3. The van der Waals surface area contributed by atoms with Gasteiger partial charge in [-0.05, 0) is 98.0 Å². The van der Waals surface area contributed by atoms with Crippen LogP contribution >= 0.6 is 11.3 Å². The van der Waals surface area contributed by atoms with Crippen LogP contribution in [0.1, 0.15) is 81.9 Å². The Bertz CT molecular complexity index is 3100. The fraction of sp³-hybridized carbons (Fsp3) is 0.467. The molecule has 10 rings (SSSR count). The summed E-state index contributed by atoms with van der Waals surface area (Å²) in [4.78, 5) is 67.6. The maximum Gasteiger partial charge on any atom is 0.246 e. The van der Waals surface area contributed by atoms with Crippen molar-refractivity contribution >= 4 is 52.1 Å². The van der Waals surface area contributed by atoms with Crippen LogP contribution in [0.4, 0.5) is 23.0 Å². The molecule has 0 saturated carbocycles. The molecule has 422 valence electrons. The van der Waals surface area contributed by atoms with E-state index in [0.717, 1.165) is 116 Å². The Labute approximate surface area is 472 Å². The molecule has 0 spiro atoms. The third kappa shape index (κ3) is 13.0. The Morgan fingerprint density at radius 2 is 1.64 bits per heavy atom. The standard InChI is InChI=1S/C60H75N13O6S/c1-38(41-13-15-42(16-14-41)55-39(2)64-37-80-55)65-58(77)51-31-47(74)36-72(51)59(78)56(60(3,4)5)66-54(76)29-40-12-19-53(63-33-40)70-24-22-69(23-25-70)26-28-79-27-8-9-43-30-44(20-21-62-43)73-45-17-18-46(73)35-71(34-45)50-32-49(67-68-57(50)61)48-10-6-7-11-52(48)75/h6-7,10-16,19-21,30,32-33,37-38,45-47,51,56,74-75H,8-9,17-18,22-29,31,34-36H2,1-5H3,(H2,61,68)(H,65,77)(H,66,76)/t38-,45?,46?,47+,51-,56+/m0/s1. The number of aromatic hydroxyl groups is 1. The number of phenolic OH excluding ortho intramolecular Hbond substituents is 1. The van der Waals surface area contributed by atoms with Gasteiger partial charge < -0.3 is 50.9 Å². The van der Waals surface area contributed by atoms with E-state index >= 15 is 0 Å². The zero-order valence-electron chi connectivity index (χ0n) is 46.5. The Morgan fingerprint density at radius 1 is 0.875 bits per heavy atom. The lowest BCUT2D eigenvalue weighted by Crippen LogP contribution is -2.58. The maximum absolute atomic E-state index is 14.3. The minimum absolute atomic E-state index is 0.00178. The van der Waals surface area contributed by atoms with Gasteiger partial charge in [-0.25, -0.2) is 9.97 Å². The SMILES string of the molecule is Cc1ncsc1-c1ccc([C@H](C)NC(=O)[C@@H]2C[C@@H](O)CN2C(=O)[C@@H](NC(=O)Cc2ccc(N3CCN(CCOCCCc4cc(N5C6CCC5CN(c5cc(-c7ccccc7O)nnc5N)C6)ccn4)CC3)nc2)C(C)(C)C)cc1. The number of aliphatic hydroxyl groups excluding tert-OH is 1. The van der Waals surface area contributed by atoms with Crippen molar-refractivity contribution in [3.05, 3.63) is 119 Å². The van der Waals surface area contributed by atoms with Gasteiger partial charge in [-0.15, -0.1) is 21.5 Å². The maximum atomic E-state index is 14.3. The molecule has 6 N–H and O–H groups in total. The summed E-state index contributed by atoms with van der Waals surface area (Å²) in [5.41, 5.74) is 15.5. The van der Waals surface area contributed by atoms with Gasteiger partial charge in [0.05, 0.1) is 52.6 Å². The number of aromatic nitrogens is 5. The number of anilines is 4. The zero-order chi connectivity index (χ0) is 56.1. The van der Waals surface area contributed by atoms with Gasteiger partial charge in [-0.3, -0.25) is 24.3 Å². The number of nitrogens with two attached hydrogens (primary N) is 1. The number of benzene rings is 2. The van der Waals surface area contributed by atoms with E-state index in [4.69, 9.17) is 20.4 Å². The minimum Gasteiger partial charge on any atom is -0.507 e. The number of nitrogen functional groups attached to an aromatic ring is 1. The number of β-amino-alcohol motifs (C(OH)–C–C–N with tert-alkyl or cyclic N) is 1. The van der Waals surface area contributed by atoms with E-state index in [1.165, 1.54) is 10.6 Å². The Hall–Kier alpha value is -7.26. The van der Waals surface area contributed by atoms with Gasteiger partial charge in [0.1, 0.15) is 23.7 Å². The molecule has 2 unspecified atom stereocenters. The summed E-state index contributed by atoms with van der Waals surface area (Å²) >= 11 is 1.58. The lowest BCUT2D eigenvalue weighted by atomic mass is 9.85. The molecule has 8 heterocycles. The minimum atomic E-state index is -0.937. The number of likely N-dealkylation sites (tertiary alicyclic amines) is 1. The molecule has 80 heavy (non-hydrogen) atoms. The number of phenols is 1. The van der Waals surface area contributed by atoms with Crippen LogP contribution in [0.2, 0.25) is 0 Å². The fourth-order valence-electron chi connectivity index (χ4n) is 11.7. The van der Waals surface area contributed by atoms with Gasteiger partial charge in [-0.1, -0.05) is 63.2 Å². The third-order valence-electron chi connectivity index (χ3n) is 16.1. The van der Waals surface area contributed by atoms with E-state index in [9.17, 15) is 24.6 Å². The average Bonchev–Trinajstić information content (AvgIpc) is 4.16. The second kappa shape index (κ2) is 24.6. The molecule has 20 heteroatoms. The summed E-state index contributed by atoms with van der Waals surface area (Å²) in [6.07, 6.45) is 6.82. The number of hydrogen-bond acceptors (Lipinski definition) is 17. The van der Waals surface area contributed by atoms with Crippen molar-refractivity contribution < 1.29 is 29.3 Å². The number of pyridine rings is 2. The first kappa shape index (κ1) is 56.0. The summed E-state index contributed by atoms with van der Waals surface area (Å²) < 4.78 is 6.13. The molecule has 3 amide bonds. The lowest BCUT2D eigenvalue weighted by Gasteiger charge is -2.43. The number of amides is 3. The largest absolute Gasteiger partial charge is 0.507 e. The lowest BCUT2D eigenvalue weighted by molar-refractivity contribution is -0.144. The second-order valence-corrected chi connectivity index (χ2v) is 23.7. The van der Waals surface area contributed by atoms with Gasteiger partial charge in [0.15, 0.2) is 5.82 Å². The van der Waals surface area contributed by atoms with E-state index < -0.39 is 29.5 Å². The molecular weight excluding hydrogens is 1030 g/mol. The number of aliphatic hydroxyl groups is 1. The molecule has 4 saturated heterocycles. The number of rotatable bonds is 19. The highest BCUT2D eigenvalue weighted by Crippen LogP contribution is 2.39. The highest BCUT2D eigenvalue weighted by Gasteiger charge is 2.45. The first-order valence-corrected chi connectivity index (χ1v) is 28.9. The van der Waals surface area contributed by atoms with Crippen LogP contribution in [0.5, 0.6) is 5.75 Å². The predicted molar refractivity (Wildman–Crippen MR) is 311 cm³/mol. The molecule has 4 aliphatic rings. The van der Waals surface area contributed by atoms with Crippen molar-refractivity contribution in [2.45, 2.75) is 109 Å². The van der Waals surface area contributed by atoms with Crippen molar-refractivity contribution in [3.63, 3.8) is 0 Å². The Morgan fingerprint density at radius 3 is 2.34 bits per heavy atom. The number of carbonyl (C=O) groups is 3. The van der Waals surface area contributed by atoms with E-state index in [1.54, 1.807) is 29.7 Å². The normalized spacial score (nSPS) is 20.2. The molecule has 4 aliphatic heterocycles. The molecule has 0 radical (unpaired) electrons. The van der Waals surface area contributed by atoms with Crippen LogP contribution in [-0.2, 0) is 32.0 Å². The van der Waals surface area contributed by atoms with Gasteiger partial charge in [0.2, 0.25) is 17.7 Å². The number of para-hydroxylation sites is 1. The van der Waals surface area contributed by atoms with Crippen molar-refractivity contribution in [2.75, 3.05) is 86.0 Å². The van der Waals surface area contributed by atoms with Crippen LogP contribution in [0.15, 0.2) is 96.8 Å². The monoisotopic (exact) mass is 1110 g/mol. The summed E-state index contributed by atoms with van der Waals surface area (Å²) in [6, 6.07) is 23.8. The van der Waals surface area contributed by atoms with E-state index in [0.29, 0.717) is 42.4 Å². The predicted octanol–water partition coefficient (Wildman–Crippen LogP) is 6.19. The molecule has 6 atom stereocenters. The number of piperazine rings is 2. The molecule has 0 aliphatic carbocycles. The molecular formula is C60H75N13O6S. The first-order chi connectivity index (χ1) is 38.6. The number of aryl methyl sites for hydroxylation is 2. The summed E-state index contributed by atoms with van der Waals surface area (Å²) in [5, 5.41) is 35.8. The quantitative estimate of drug-likeness (QED) is 0.0569. The number of nitrogens with zero attached hydrogens (tertiary/aromatic N) is 10. The average molecular weight is 1110 g/mol. The topological polar surface area (TPSA) is 232 Å². The number of nitrogens with one attached hydrogen (secondary N) is 2. The molecule has 4 aromatic heterocycles. The van der Waals surface area contributed by atoms with E-state index in [1.807, 2.05) is 101 Å². The van der Waals surface area contributed by atoms with Crippen molar-refractivity contribution in [1.29, 1.82) is 0 Å². The first-order valence-electron chi connectivity index (χ1n) is 28.0. The number of ether oxygens (including phenoxy) is 1. The van der Waals surface area contributed by atoms with E-state index in [-0.39, 0.29) is 43.0 Å². The molecule has 6 aromatic rings. The van der Waals surface area contributed by atoms with Crippen molar-refractivity contribution in [1.82, 2.24) is 45.6 Å². The van der Waals surface area contributed by atoms with Crippen molar-refractivity contribution in [2.24, 2.45) is 5.41 Å². The molecule has 2 bridgehead atoms. The molecule has 4 fully saturated rings. The molecule has 19 nitrogen and oxygen atoms in total. The van der Waals surface area contributed by atoms with Gasteiger partial charge in [0.25, 0.3) is 0 Å². The van der Waals surface area contributed by atoms with Crippen LogP contribution in [-0.4, -0.2) is 159 Å². The van der Waals surface area contributed by atoms with Crippen LogP contribution in [0.3, 0.4) is 0 Å². The van der Waals surface area contributed by atoms with Gasteiger partial charge in [0, 0.05) is 107 Å². The number of thiazole rings is 1. The van der Waals surface area contributed by atoms with E-state index in [2.05, 4.69) is 57.5 Å². The number of hydrogen-bond donors (Lipinski definition) is 5. The summed E-state index contributed by atoms with van der Waals surface area (Å²) in [6.45, 7) is 16.7. The third-order valence-corrected chi connectivity index (χ3v) is 17.1. The van der Waals surface area contributed by atoms with Crippen LogP contribution < -0.4 is 31.1 Å². The fourth-order valence-corrected chi connectivity index (χ4v) is 12.5. The summed E-state index contributed by atoms with van der Waals surface area (Å²) in [7, 11) is 0. The summed E-state index contributed by atoms with van der Waals surface area (Å²) in [5.74, 6) is 0.319. The highest BCUT2D eigenvalue weighted by molar-refractivity contribution is 7.13. The van der Waals surface area contributed by atoms with Crippen molar-refractivity contribution in [3.8, 4) is 27.4 Å². The van der Waals surface area contributed by atoms with Gasteiger partial charge >= 0.3 is 0 Å². The smallest absolute Gasteiger partial charge is 0.246 e. The van der Waals surface area contributed by atoms with Gasteiger partial charge in [-0.2, -0.15) is 0 Å². The second-order valence-electron chi connectivity index (χ2n) is 22.8. The van der Waals surface area contributed by atoms with Crippen LogP contribution in [0.25, 0.3) is 21.7 Å². The number of fused-ring (bicyclic) bond motifs is 2. The van der Waals surface area contributed by atoms with Crippen LogP contribution in [0, 0.1) is 12.3 Å². The Kier molecular flexibility index (Phi) is 17.2. The molecule has 2 aromatic carbocycles. The zero-order valence-corrected chi connectivity index (χ0v) is 47.3. The Balaban J connectivity index is 0.633.